The van der Waals surface area contributed by atoms with E-state index in [0.717, 1.165) is 5.56 Å². The molecule has 0 aromatic heterocycles. The fraction of sp³-hybridized carbons (Fsp3) is 0.188. The first-order chi connectivity index (χ1) is 9.66. The number of hydrogen-bond donors (Lipinski definition) is 1. The first kappa shape index (κ1) is 13.9. The summed E-state index contributed by atoms with van der Waals surface area (Å²) in [5.41, 5.74) is 7.49. The quantitative estimate of drug-likeness (QED) is 0.848. The molecule has 4 heteroatoms. The van der Waals surface area contributed by atoms with Crippen molar-refractivity contribution in [3.8, 4) is 5.75 Å². The van der Waals surface area contributed by atoms with Gasteiger partial charge in [-0.05, 0) is 23.8 Å². The van der Waals surface area contributed by atoms with Gasteiger partial charge in [0.05, 0.1) is 0 Å². The summed E-state index contributed by atoms with van der Waals surface area (Å²) in [5, 5.41) is 0. The molecule has 0 aliphatic rings. The minimum Gasteiger partial charge on any atom is -0.484 e. The van der Waals surface area contributed by atoms with Gasteiger partial charge in [-0.3, -0.25) is 4.79 Å². The van der Waals surface area contributed by atoms with Crippen molar-refractivity contribution < 1.29 is 9.53 Å². The third-order valence-electron chi connectivity index (χ3n) is 2.99. The molecule has 0 heterocycles. The Morgan fingerprint density at radius 1 is 1.10 bits per heavy atom. The zero-order valence-corrected chi connectivity index (χ0v) is 11.5. The van der Waals surface area contributed by atoms with Gasteiger partial charge in [0.25, 0.3) is 5.91 Å². The number of carbonyl (C=O) groups excluding carboxylic acids is 1. The standard InChI is InChI=1S/C16H18N2O2/c1-18(11-13-7-5-6-10-15(13)17)16(19)12-20-14-8-3-2-4-9-14/h2-10H,11-12,17H2,1H3. The third-order valence-corrected chi connectivity index (χ3v) is 2.99. The molecule has 1 amide bonds. The predicted molar refractivity (Wildman–Crippen MR) is 79.3 cm³/mol. The summed E-state index contributed by atoms with van der Waals surface area (Å²) >= 11 is 0. The second kappa shape index (κ2) is 6.61. The average molecular weight is 270 g/mol. The fourth-order valence-electron chi connectivity index (χ4n) is 1.79. The van der Waals surface area contributed by atoms with Gasteiger partial charge in [0, 0.05) is 19.3 Å². The summed E-state index contributed by atoms with van der Waals surface area (Å²) < 4.78 is 5.43. The lowest BCUT2D eigenvalue weighted by molar-refractivity contribution is -0.132. The van der Waals surface area contributed by atoms with Crippen LogP contribution < -0.4 is 10.5 Å². The first-order valence-electron chi connectivity index (χ1n) is 6.42. The molecule has 2 aromatic carbocycles. The molecule has 2 N–H and O–H groups in total. The minimum absolute atomic E-state index is 0.0211. The number of nitrogens with zero attached hydrogens (tertiary/aromatic N) is 1. The van der Waals surface area contributed by atoms with Crippen LogP contribution in [0.15, 0.2) is 54.6 Å². The van der Waals surface area contributed by atoms with Crippen LogP contribution >= 0.6 is 0 Å². The molecule has 4 nitrogen and oxygen atoms in total. The van der Waals surface area contributed by atoms with Gasteiger partial charge in [0.15, 0.2) is 6.61 Å². The molecular formula is C16H18N2O2. The predicted octanol–water partition coefficient (Wildman–Crippen LogP) is 2.31. The molecule has 0 unspecified atom stereocenters. The van der Waals surface area contributed by atoms with Gasteiger partial charge < -0.3 is 15.4 Å². The van der Waals surface area contributed by atoms with Crippen molar-refractivity contribution in [3.63, 3.8) is 0 Å². The Kier molecular flexibility index (Phi) is 4.60. The highest BCUT2D eigenvalue weighted by Gasteiger charge is 2.11. The summed E-state index contributed by atoms with van der Waals surface area (Å²) in [7, 11) is 1.74. The van der Waals surface area contributed by atoms with E-state index < -0.39 is 0 Å². The highest BCUT2D eigenvalue weighted by molar-refractivity contribution is 5.77. The van der Waals surface area contributed by atoms with Crippen LogP contribution in [0, 0.1) is 0 Å². The number of amides is 1. The van der Waals surface area contributed by atoms with Crippen LogP contribution in [0.3, 0.4) is 0 Å². The molecule has 2 rings (SSSR count). The summed E-state index contributed by atoms with van der Waals surface area (Å²) in [5.74, 6) is 0.602. The highest BCUT2D eigenvalue weighted by atomic mass is 16.5. The average Bonchev–Trinajstić information content (AvgIpc) is 2.48. The second-order valence-corrected chi connectivity index (χ2v) is 4.55. The molecule has 0 aliphatic carbocycles. The lowest BCUT2D eigenvalue weighted by atomic mass is 10.2. The van der Waals surface area contributed by atoms with E-state index in [2.05, 4.69) is 0 Å². The van der Waals surface area contributed by atoms with E-state index in [9.17, 15) is 4.79 Å². The summed E-state index contributed by atoms with van der Waals surface area (Å²) in [4.78, 5) is 13.6. The Morgan fingerprint density at radius 2 is 1.75 bits per heavy atom. The van der Waals surface area contributed by atoms with Crippen molar-refractivity contribution in [1.82, 2.24) is 4.90 Å². The Labute approximate surface area is 118 Å². The number of rotatable bonds is 5. The van der Waals surface area contributed by atoms with Crippen molar-refractivity contribution >= 4 is 11.6 Å². The summed E-state index contributed by atoms with van der Waals surface area (Å²) in [6.45, 7) is 0.497. The molecule has 0 aliphatic heterocycles. The second-order valence-electron chi connectivity index (χ2n) is 4.55. The van der Waals surface area contributed by atoms with Crippen LogP contribution in [-0.2, 0) is 11.3 Å². The van der Waals surface area contributed by atoms with Crippen LogP contribution in [0.25, 0.3) is 0 Å². The van der Waals surface area contributed by atoms with E-state index in [1.54, 1.807) is 11.9 Å². The van der Waals surface area contributed by atoms with Crippen molar-refractivity contribution in [3.05, 3.63) is 60.2 Å². The molecule has 0 fully saturated rings. The highest BCUT2D eigenvalue weighted by Crippen LogP contribution is 2.13. The van der Waals surface area contributed by atoms with E-state index in [1.807, 2.05) is 54.6 Å². The summed E-state index contributed by atoms with van der Waals surface area (Å²) in [6, 6.07) is 16.8. The first-order valence-corrected chi connectivity index (χ1v) is 6.42. The Balaban J connectivity index is 1.88. The largest absolute Gasteiger partial charge is 0.484 e. The lowest BCUT2D eigenvalue weighted by Gasteiger charge is -2.18. The minimum atomic E-state index is -0.0860. The number of likely N-dealkylation sites (N-methyl/N-ethyl adjacent to an activating group) is 1. The Hall–Kier alpha value is -2.49. The number of nitrogens with two attached hydrogens (primary N) is 1. The SMILES string of the molecule is CN(Cc1ccccc1N)C(=O)COc1ccccc1. The van der Waals surface area contributed by atoms with Gasteiger partial charge in [0.2, 0.25) is 0 Å². The number of anilines is 1. The molecule has 20 heavy (non-hydrogen) atoms. The van der Waals surface area contributed by atoms with Crippen LogP contribution in [-0.4, -0.2) is 24.5 Å². The fourth-order valence-corrected chi connectivity index (χ4v) is 1.79. The number of hydrogen-bond acceptors (Lipinski definition) is 3. The van der Waals surface area contributed by atoms with Gasteiger partial charge in [-0.2, -0.15) is 0 Å². The molecule has 0 radical (unpaired) electrons. The third kappa shape index (κ3) is 3.75. The number of para-hydroxylation sites is 2. The molecule has 0 saturated heterocycles. The zero-order valence-electron chi connectivity index (χ0n) is 11.5. The molecule has 0 bridgehead atoms. The van der Waals surface area contributed by atoms with Crippen LogP contribution in [0.5, 0.6) is 5.75 Å². The van der Waals surface area contributed by atoms with E-state index in [-0.39, 0.29) is 12.5 Å². The smallest absolute Gasteiger partial charge is 0.260 e. The number of ether oxygens (including phenoxy) is 1. The molecule has 0 saturated carbocycles. The lowest BCUT2D eigenvalue weighted by Crippen LogP contribution is -2.31. The van der Waals surface area contributed by atoms with Crippen molar-refractivity contribution in [2.24, 2.45) is 0 Å². The molecule has 0 spiro atoms. The summed E-state index contributed by atoms with van der Waals surface area (Å²) in [6.07, 6.45) is 0. The van der Waals surface area contributed by atoms with Crippen molar-refractivity contribution in [2.75, 3.05) is 19.4 Å². The van der Waals surface area contributed by atoms with Crippen molar-refractivity contribution in [1.29, 1.82) is 0 Å². The number of benzene rings is 2. The number of nitrogen functional groups attached to an aromatic ring is 1. The maximum atomic E-state index is 12.0. The maximum Gasteiger partial charge on any atom is 0.260 e. The van der Waals surface area contributed by atoms with Gasteiger partial charge in [-0.1, -0.05) is 36.4 Å². The number of carbonyl (C=O) groups is 1. The van der Waals surface area contributed by atoms with Gasteiger partial charge in [0.1, 0.15) is 5.75 Å². The van der Waals surface area contributed by atoms with Gasteiger partial charge in [-0.25, -0.2) is 0 Å². The maximum absolute atomic E-state index is 12.0. The Bertz CT molecular complexity index is 570. The Morgan fingerprint density at radius 3 is 2.45 bits per heavy atom. The van der Waals surface area contributed by atoms with Gasteiger partial charge >= 0.3 is 0 Å². The topological polar surface area (TPSA) is 55.6 Å². The molecule has 104 valence electrons. The van der Waals surface area contributed by atoms with Crippen molar-refractivity contribution in [2.45, 2.75) is 6.54 Å². The normalized spacial score (nSPS) is 10.1. The van der Waals surface area contributed by atoms with Gasteiger partial charge in [-0.15, -0.1) is 0 Å². The monoisotopic (exact) mass is 270 g/mol. The molecule has 0 atom stereocenters. The zero-order chi connectivity index (χ0) is 14.4. The van der Waals surface area contributed by atoms with Crippen LogP contribution in [0.1, 0.15) is 5.56 Å². The van der Waals surface area contributed by atoms with Crippen LogP contribution in [0.2, 0.25) is 0 Å². The van der Waals surface area contributed by atoms with E-state index in [1.165, 1.54) is 0 Å². The van der Waals surface area contributed by atoms with E-state index in [4.69, 9.17) is 10.5 Å². The van der Waals surface area contributed by atoms with Crippen LogP contribution in [0.4, 0.5) is 5.69 Å². The molecular weight excluding hydrogens is 252 g/mol. The van der Waals surface area contributed by atoms with E-state index in [0.29, 0.717) is 18.0 Å². The van der Waals surface area contributed by atoms with E-state index >= 15 is 0 Å². The molecule has 2 aromatic rings.